The summed E-state index contributed by atoms with van der Waals surface area (Å²) < 4.78 is 41.1. The second kappa shape index (κ2) is 5.65. The summed E-state index contributed by atoms with van der Waals surface area (Å²) in [7, 11) is 0. The van der Waals surface area contributed by atoms with E-state index in [4.69, 9.17) is 10.5 Å². The highest BCUT2D eigenvalue weighted by atomic mass is 32.1. The van der Waals surface area contributed by atoms with Gasteiger partial charge in [0.2, 0.25) is 0 Å². The van der Waals surface area contributed by atoms with Crippen LogP contribution in [-0.2, 0) is 4.74 Å². The maximum Gasteiger partial charge on any atom is 0.411 e. The van der Waals surface area contributed by atoms with Crippen molar-refractivity contribution in [1.29, 1.82) is 0 Å². The van der Waals surface area contributed by atoms with Crippen LogP contribution in [-0.4, -0.2) is 18.8 Å². The first kappa shape index (κ1) is 13.5. The number of alkyl halides is 3. The van der Waals surface area contributed by atoms with E-state index in [1.54, 1.807) is 17.5 Å². The number of hydrogen-bond donors (Lipinski definition) is 1. The Morgan fingerprint density at radius 2 is 2.19 bits per heavy atom. The fourth-order valence-electron chi connectivity index (χ4n) is 1.27. The Balaban J connectivity index is 2.66. The summed E-state index contributed by atoms with van der Waals surface area (Å²) >= 11 is 1.35. The average Bonchev–Trinajstić information content (AvgIpc) is 2.69. The van der Waals surface area contributed by atoms with Crippen LogP contribution in [0.25, 0.3) is 0 Å². The Bertz CT molecular complexity index is 300. The third kappa shape index (κ3) is 4.11. The Labute approximate surface area is 96.2 Å². The quantitative estimate of drug-likeness (QED) is 0.875. The molecule has 6 heteroatoms. The molecule has 0 aliphatic carbocycles. The van der Waals surface area contributed by atoms with Gasteiger partial charge in [-0.05, 0) is 17.9 Å². The van der Waals surface area contributed by atoms with Crippen molar-refractivity contribution in [1.82, 2.24) is 0 Å². The van der Waals surface area contributed by atoms with Gasteiger partial charge in [-0.2, -0.15) is 13.2 Å². The molecule has 0 radical (unpaired) electrons. The minimum absolute atomic E-state index is 0.416. The zero-order chi connectivity index (χ0) is 12.2. The first-order valence-electron chi connectivity index (χ1n) is 4.91. The van der Waals surface area contributed by atoms with E-state index in [-0.39, 0.29) is 0 Å². The Morgan fingerprint density at radius 3 is 2.62 bits per heavy atom. The summed E-state index contributed by atoms with van der Waals surface area (Å²) in [5.74, 6) is 0. The van der Waals surface area contributed by atoms with Crippen molar-refractivity contribution in [3.05, 3.63) is 22.4 Å². The molecule has 0 spiro atoms. The standard InChI is InChI=1S/C10H14F3NOS/c1-2-7(14)9(8-4-3-5-16-8)15-6-10(11,12)13/h3-5,7,9H,2,6,14H2,1H3. The van der Waals surface area contributed by atoms with Gasteiger partial charge in [0.05, 0.1) is 0 Å². The second-order valence-electron chi connectivity index (χ2n) is 3.43. The molecule has 2 nitrogen and oxygen atoms in total. The van der Waals surface area contributed by atoms with Gasteiger partial charge in [-0.3, -0.25) is 0 Å². The third-order valence-electron chi connectivity index (χ3n) is 2.11. The van der Waals surface area contributed by atoms with Gasteiger partial charge < -0.3 is 10.5 Å². The number of rotatable bonds is 5. The molecule has 0 bridgehead atoms. The molecule has 1 heterocycles. The van der Waals surface area contributed by atoms with Crippen molar-refractivity contribution in [2.45, 2.75) is 31.7 Å². The van der Waals surface area contributed by atoms with Gasteiger partial charge in [-0.25, -0.2) is 0 Å². The lowest BCUT2D eigenvalue weighted by Gasteiger charge is -2.22. The lowest BCUT2D eigenvalue weighted by molar-refractivity contribution is -0.187. The van der Waals surface area contributed by atoms with E-state index in [0.717, 1.165) is 4.88 Å². The van der Waals surface area contributed by atoms with Crippen molar-refractivity contribution in [3.63, 3.8) is 0 Å². The highest BCUT2D eigenvalue weighted by molar-refractivity contribution is 7.10. The van der Waals surface area contributed by atoms with Crippen LogP contribution in [0.2, 0.25) is 0 Å². The fraction of sp³-hybridized carbons (Fsp3) is 0.600. The number of hydrogen-bond acceptors (Lipinski definition) is 3. The van der Waals surface area contributed by atoms with E-state index in [2.05, 4.69) is 0 Å². The van der Waals surface area contributed by atoms with Crippen LogP contribution in [0.15, 0.2) is 17.5 Å². The first-order valence-corrected chi connectivity index (χ1v) is 5.79. The van der Waals surface area contributed by atoms with Crippen LogP contribution in [0, 0.1) is 0 Å². The van der Waals surface area contributed by atoms with Crippen molar-refractivity contribution in [3.8, 4) is 0 Å². The molecule has 1 rings (SSSR count). The molecule has 0 aliphatic rings. The smallest absolute Gasteiger partial charge is 0.362 e. The number of ether oxygens (including phenoxy) is 1. The molecule has 0 aliphatic heterocycles. The van der Waals surface area contributed by atoms with Gasteiger partial charge in [0, 0.05) is 10.9 Å². The molecule has 1 aromatic heterocycles. The Morgan fingerprint density at radius 1 is 1.50 bits per heavy atom. The zero-order valence-electron chi connectivity index (χ0n) is 8.83. The largest absolute Gasteiger partial charge is 0.411 e. The lowest BCUT2D eigenvalue weighted by Crippen LogP contribution is -2.31. The fourth-order valence-corrected chi connectivity index (χ4v) is 2.12. The molecule has 0 saturated heterocycles. The summed E-state index contributed by atoms with van der Waals surface area (Å²) in [6.07, 6.45) is -4.42. The molecule has 0 saturated carbocycles. The van der Waals surface area contributed by atoms with Crippen LogP contribution >= 0.6 is 11.3 Å². The highest BCUT2D eigenvalue weighted by Gasteiger charge is 2.31. The number of thiophene rings is 1. The lowest BCUT2D eigenvalue weighted by atomic mass is 10.1. The highest BCUT2D eigenvalue weighted by Crippen LogP contribution is 2.28. The first-order chi connectivity index (χ1) is 7.44. The molecular formula is C10H14F3NOS. The van der Waals surface area contributed by atoms with Gasteiger partial charge in [0.25, 0.3) is 0 Å². The summed E-state index contributed by atoms with van der Waals surface area (Å²) in [6, 6.07) is 3.09. The molecule has 0 aromatic carbocycles. The van der Waals surface area contributed by atoms with Crippen molar-refractivity contribution in [2.24, 2.45) is 5.73 Å². The second-order valence-corrected chi connectivity index (χ2v) is 4.41. The summed E-state index contributed by atoms with van der Waals surface area (Å²) in [6.45, 7) is 0.561. The number of halogens is 3. The Kier molecular flexibility index (Phi) is 4.76. The maximum atomic E-state index is 12.1. The SMILES string of the molecule is CCC(N)C(OCC(F)(F)F)c1cccs1. The minimum atomic E-state index is -4.32. The van der Waals surface area contributed by atoms with E-state index in [1.165, 1.54) is 11.3 Å². The van der Waals surface area contributed by atoms with Crippen LogP contribution < -0.4 is 5.73 Å². The molecule has 2 N–H and O–H groups in total. The van der Waals surface area contributed by atoms with Crippen LogP contribution in [0.1, 0.15) is 24.3 Å². The monoisotopic (exact) mass is 253 g/mol. The van der Waals surface area contributed by atoms with Gasteiger partial charge in [0.15, 0.2) is 0 Å². The predicted molar refractivity (Wildman–Crippen MR) is 57.3 cm³/mol. The van der Waals surface area contributed by atoms with Crippen LogP contribution in [0.3, 0.4) is 0 Å². The number of nitrogens with two attached hydrogens (primary N) is 1. The minimum Gasteiger partial charge on any atom is -0.362 e. The van der Waals surface area contributed by atoms with Gasteiger partial charge >= 0.3 is 6.18 Å². The molecule has 0 fully saturated rings. The van der Waals surface area contributed by atoms with Crippen molar-refractivity contribution < 1.29 is 17.9 Å². The average molecular weight is 253 g/mol. The molecule has 16 heavy (non-hydrogen) atoms. The molecule has 0 amide bonds. The van der Waals surface area contributed by atoms with Crippen molar-refractivity contribution >= 4 is 11.3 Å². The normalized spacial score (nSPS) is 16.1. The maximum absolute atomic E-state index is 12.1. The van der Waals surface area contributed by atoms with E-state index in [1.807, 2.05) is 6.92 Å². The Hall–Kier alpha value is -0.590. The summed E-state index contributed by atoms with van der Waals surface area (Å²) in [5, 5.41) is 1.79. The van der Waals surface area contributed by atoms with Gasteiger partial charge in [-0.1, -0.05) is 13.0 Å². The van der Waals surface area contributed by atoms with E-state index >= 15 is 0 Å². The molecular weight excluding hydrogens is 239 g/mol. The zero-order valence-corrected chi connectivity index (χ0v) is 9.65. The van der Waals surface area contributed by atoms with Crippen LogP contribution in [0.5, 0.6) is 0 Å². The van der Waals surface area contributed by atoms with E-state index < -0.39 is 24.9 Å². The van der Waals surface area contributed by atoms with E-state index in [9.17, 15) is 13.2 Å². The third-order valence-corrected chi connectivity index (χ3v) is 3.04. The molecule has 2 atom stereocenters. The molecule has 1 aromatic rings. The topological polar surface area (TPSA) is 35.2 Å². The van der Waals surface area contributed by atoms with Gasteiger partial charge in [0.1, 0.15) is 12.7 Å². The summed E-state index contributed by atoms with van der Waals surface area (Å²) in [5.41, 5.74) is 5.75. The van der Waals surface area contributed by atoms with Crippen molar-refractivity contribution in [2.75, 3.05) is 6.61 Å². The van der Waals surface area contributed by atoms with Crippen LogP contribution in [0.4, 0.5) is 13.2 Å². The predicted octanol–water partition coefficient (Wildman–Crippen LogP) is 3.11. The molecule has 92 valence electrons. The van der Waals surface area contributed by atoms with E-state index in [0.29, 0.717) is 6.42 Å². The summed E-state index contributed by atoms with van der Waals surface area (Å²) in [4.78, 5) is 0.735. The molecule has 2 unspecified atom stereocenters. The van der Waals surface area contributed by atoms with Gasteiger partial charge in [-0.15, -0.1) is 11.3 Å².